The Morgan fingerprint density at radius 1 is 1.33 bits per heavy atom. The third-order valence-electron chi connectivity index (χ3n) is 4.97. The average Bonchev–Trinajstić information content (AvgIpc) is 2.59. The molecular weight excluding hydrogens is 365 g/mol. The Morgan fingerprint density at radius 2 is 2.04 bits per heavy atom. The van der Waals surface area contributed by atoms with E-state index < -0.39 is 35.5 Å². The molecule has 0 amide bonds. The van der Waals surface area contributed by atoms with Crippen LogP contribution in [0.15, 0.2) is 35.5 Å². The van der Waals surface area contributed by atoms with Crippen molar-refractivity contribution in [3.05, 3.63) is 46.7 Å². The Bertz CT molecular complexity index is 887. The number of rotatable bonds is 2. The number of alkyl halides is 3. The quantitative estimate of drug-likeness (QED) is 0.726. The molecule has 1 heterocycles. The number of aliphatic carboxylic acids is 1. The summed E-state index contributed by atoms with van der Waals surface area (Å²) in [6, 6.07) is 7.25. The molecule has 3 rings (SSSR count). The summed E-state index contributed by atoms with van der Waals surface area (Å²) in [6.07, 6.45) is -4.85. The number of hydrogen-bond donors (Lipinski definition) is 3. The minimum Gasteiger partial charge on any atom is -0.481 e. The lowest BCUT2D eigenvalue weighted by atomic mass is 9.68. The van der Waals surface area contributed by atoms with Gasteiger partial charge in [0.2, 0.25) is 5.72 Å². The summed E-state index contributed by atoms with van der Waals surface area (Å²) in [6.45, 7) is 0. The van der Waals surface area contributed by atoms with E-state index in [1.165, 1.54) is 24.3 Å². The highest BCUT2D eigenvalue weighted by molar-refractivity contribution is 6.00. The Kier molecular flexibility index (Phi) is 4.48. The molecule has 142 valence electrons. The Labute approximate surface area is 151 Å². The summed E-state index contributed by atoms with van der Waals surface area (Å²) >= 11 is 0. The van der Waals surface area contributed by atoms with Gasteiger partial charge in [-0.2, -0.15) is 18.4 Å². The number of carbonyl (C=O) groups is 2. The van der Waals surface area contributed by atoms with E-state index in [2.05, 4.69) is 0 Å². The first-order valence-corrected chi connectivity index (χ1v) is 8.16. The molecule has 2 aliphatic rings. The summed E-state index contributed by atoms with van der Waals surface area (Å²) in [5, 5.41) is 30.9. The summed E-state index contributed by atoms with van der Waals surface area (Å²) in [5.41, 5.74) is -3.75. The van der Waals surface area contributed by atoms with Crippen LogP contribution in [0.1, 0.15) is 36.3 Å². The third-order valence-corrected chi connectivity index (χ3v) is 4.97. The summed E-state index contributed by atoms with van der Waals surface area (Å²) in [7, 11) is 0. The molecule has 0 radical (unpaired) electrons. The van der Waals surface area contributed by atoms with E-state index in [0.717, 1.165) is 0 Å². The number of Topliss-reactive ketones (excluding diaryl/α,β-unsaturated/α-hetero) is 1. The lowest BCUT2D eigenvalue weighted by Crippen LogP contribution is -2.67. The standard InChI is InChI=1S/C18H15F3N2O4/c19-18(20,21)17(27)15(16(25)26)13(10-4-1-3-9(7-10)8-22)14-11(23-17)5-2-6-12(14)24/h1,3-4,7,13,15,23,27H,2,5-6H2,(H,25,26). The summed E-state index contributed by atoms with van der Waals surface area (Å²) < 4.78 is 41.1. The van der Waals surface area contributed by atoms with Gasteiger partial charge in [0.05, 0.1) is 11.6 Å². The maximum absolute atomic E-state index is 13.7. The molecule has 1 aliphatic heterocycles. The first kappa shape index (κ1) is 18.9. The van der Waals surface area contributed by atoms with E-state index in [1.807, 2.05) is 11.4 Å². The van der Waals surface area contributed by atoms with Crippen molar-refractivity contribution in [1.29, 1.82) is 5.26 Å². The number of nitriles is 1. The fourth-order valence-electron chi connectivity index (χ4n) is 3.80. The molecule has 3 atom stereocenters. The molecule has 0 saturated carbocycles. The topological polar surface area (TPSA) is 110 Å². The zero-order chi connectivity index (χ0) is 20.0. The van der Waals surface area contributed by atoms with Crippen molar-refractivity contribution < 1.29 is 33.0 Å². The highest BCUT2D eigenvalue weighted by Crippen LogP contribution is 2.50. The van der Waals surface area contributed by atoms with Gasteiger partial charge >= 0.3 is 12.1 Å². The molecule has 0 aromatic heterocycles. The number of nitrogens with zero attached hydrogens (tertiary/aromatic N) is 1. The van der Waals surface area contributed by atoms with Gasteiger partial charge in [-0.05, 0) is 30.5 Å². The predicted molar refractivity (Wildman–Crippen MR) is 85.0 cm³/mol. The van der Waals surface area contributed by atoms with Crippen LogP contribution in [0, 0.1) is 17.2 Å². The van der Waals surface area contributed by atoms with Crippen LogP contribution >= 0.6 is 0 Å². The molecule has 27 heavy (non-hydrogen) atoms. The number of aliphatic hydroxyl groups is 1. The van der Waals surface area contributed by atoms with E-state index in [4.69, 9.17) is 5.26 Å². The molecule has 0 saturated heterocycles. The molecule has 1 aromatic carbocycles. The van der Waals surface area contributed by atoms with Crippen molar-refractivity contribution in [2.45, 2.75) is 37.1 Å². The average molecular weight is 380 g/mol. The molecule has 1 aromatic rings. The predicted octanol–water partition coefficient (Wildman–Crippen LogP) is 2.20. The zero-order valence-corrected chi connectivity index (χ0v) is 13.9. The number of hydrogen-bond acceptors (Lipinski definition) is 5. The molecule has 1 aliphatic carbocycles. The first-order valence-electron chi connectivity index (χ1n) is 8.16. The van der Waals surface area contributed by atoms with Crippen molar-refractivity contribution in [2.75, 3.05) is 0 Å². The van der Waals surface area contributed by atoms with Crippen molar-refractivity contribution in [3.8, 4) is 6.07 Å². The van der Waals surface area contributed by atoms with Gasteiger partial charge in [-0.15, -0.1) is 0 Å². The van der Waals surface area contributed by atoms with Gasteiger partial charge in [0.15, 0.2) is 5.78 Å². The highest BCUT2D eigenvalue weighted by atomic mass is 19.4. The lowest BCUT2D eigenvalue weighted by Gasteiger charge is -2.46. The van der Waals surface area contributed by atoms with Gasteiger partial charge in [0.25, 0.3) is 0 Å². The lowest BCUT2D eigenvalue weighted by molar-refractivity contribution is -0.293. The normalized spacial score (nSPS) is 28.2. The maximum atomic E-state index is 13.7. The van der Waals surface area contributed by atoms with E-state index in [9.17, 15) is 33.0 Å². The molecule has 6 nitrogen and oxygen atoms in total. The van der Waals surface area contributed by atoms with Crippen LogP contribution in [0.4, 0.5) is 13.2 Å². The minimum absolute atomic E-state index is 0.0633. The number of carboxylic acid groups (broad SMARTS) is 1. The Balaban J connectivity index is 2.31. The maximum Gasteiger partial charge on any atom is 0.437 e. The van der Waals surface area contributed by atoms with Crippen LogP contribution in [0.25, 0.3) is 0 Å². The van der Waals surface area contributed by atoms with Crippen LogP contribution in [-0.2, 0) is 9.59 Å². The molecule has 0 fully saturated rings. The van der Waals surface area contributed by atoms with Gasteiger partial charge in [-0.3, -0.25) is 9.59 Å². The van der Waals surface area contributed by atoms with Crippen LogP contribution in [-0.4, -0.2) is 33.9 Å². The smallest absolute Gasteiger partial charge is 0.437 e. The summed E-state index contributed by atoms with van der Waals surface area (Å²) in [5.74, 6) is -6.30. The minimum atomic E-state index is -5.31. The molecule has 0 spiro atoms. The molecule has 3 unspecified atom stereocenters. The molecular formula is C18H15F3N2O4. The largest absolute Gasteiger partial charge is 0.481 e. The second kappa shape index (κ2) is 6.39. The van der Waals surface area contributed by atoms with Crippen LogP contribution in [0.3, 0.4) is 0 Å². The number of ketones is 1. The van der Waals surface area contributed by atoms with E-state index in [-0.39, 0.29) is 35.2 Å². The molecule has 0 bridgehead atoms. The third kappa shape index (κ3) is 2.96. The van der Waals surface area contributed by atoms with E-state index in [0.29, 0.717) is 6.42 Å². The SMILES string of the molecule is N#Cc1cccc(C2C3=C(CCCC3=O)NC(O)(C(F)(F)F)C2C(=O)O)c1. The van der Waals surface area contributed by atoms with Gasteiger partial charge in [-0.25, -0.2) is 0 Å². The highest BCUT2D eigenvalue weighted by Gasteiger charge is 2.67. The van der Waals surface area contributed by atoms with Gasteiger partial charge in [0, 0.05) is 23.6 Å². The Hall–Kier alpha value is -2.86. The van der Waals surface area contributed by atoms with Crippen LogP contribution in [0.5, 0.6) is 0 Å². The number of allylic oxidation sites excluding steroid dienone is 2. The van der Waals surface area contributed by atoms with Crippen molar-refractivity contribution in [3.63, 3.8) is 0 Å². The number of nitrogens with one attached hydrogen (secondary N) is 1. The number of carboxylic acids is 1. The second-order valence-corrected chi connectivity index (χ2v) is 6.59. The number of benzene rings is 1. The number of halogens is 3. The second-order valence-electron chi connectivity index (χ2n) is 6.59. The van der Waals surface area contributed by atoms with Gasteiger partial charge < -0.3 is 15.5 Å². The van der Waals surface area contributed by atoms with E-state index >= 15 is 0 Å². The van der Waals surface area contributed by atoms with Gasteiger partial charge in [-0.1, -0.05) is 12.1 Å². The van der Waals surface area contributed by atoms with Crippen molar-refractivity contribution in [1.82, 2.24) is 5.32 Å². The fraction of sp³-hybridized carbons (Fsp3) is 0.389. The van der Waals surface area contributed by atoms with Crippen LogP contribution in [0.2, 0.25) is 0 Å². The van der Waals surface area contributed by atoms with E-state index in [1.54, 1.807) is 0 Å². The van der Waals surface area contributed by atoms with Crippen LogP contribution < -0.4 is 5.32 Å². The fourth-order valence-corrected chi connectivity index (χ4v) is 3.80. The monoisotopic (exact) mass is 380 g/mol. The van der Waals surface area contributed by atoms with Crippen molar-refractivity contribution >= 4 is 11.8 Å². The molecule has 9 heteroatoms. The Morgan fingerprint density at radius 3 is 2.63 bits per heavy atom. The summed E-state index contributed by atoms with van der Waals surface area (Å²) in [4.78, 5) is 24.3. The van der Waals surface area contributed by atoms with Gasteiger partial charge in [0.1, 0.15) is 5.92 Å². The number of carbonyl (C=O) groups excluding carboxylic acids is 1. The molecule has 3 N–H and O–H groups in total. The zero-order valence-electron chi connectivity index (χ0n) is 13.9. The first-order chi connectivity index (χ1) is 12.6. The van der Waals surface area contributed by atoms with Crippen molar-refractivity contribution in [2.24, 2.45) is 5.92 Å².